The number of methoxy groups -OCH3 is 2. The van der Waals surface area contributed by atoms with Gasteiger partial charge in [0.15, 0.2) is 21.3 Å². The molecule has 0 spiro atoms. The van der Waals surface area contributed by atoms with Crippen molar-refractivity contribution >= 4 is 25.8 Å². The van der Waals surface area contributed by atoms with Gasteiger partial charge in [-0.25, -0.2) is 8.42 Å². The van der Waals surface area contributed by atoms with Crippen LogP contribution in [0.3, 0.4) is 0 Å². The normalized spacial score (nSPS) is 22.4. The Hall–Kier alpha value is -0.750. The van der Waals surface area contributed by atoms with E-state index in [9.17, 15) is 8.42 Å². The fraction of sp³-hybridized carbons (Fsp3) is 0.571. The number of ether oxygens (including phenoxy) is 2. The van der Waals surface area contributed by atoms with Crippen molar-refractivity contribution in [3.05, 3.63) is 23.8 Å². The monoisotopic (exact) mass is 362 g/mol. The van der Waals surface area contributed by atoms with Crippen LogP contribution in [0.4, 0.5) is 0 Å². The average Bonchev–Trinajstić information content (AvgIpc) is 2.79. The lowest BCUT2D eigenvalue weighted by atomic mass is 9.98. The van der Waals surface area contributed by atoms with Gasteiger partial charge in [-0.1, -0.05) is 22.0 Å². The van der Waals surface area contributed by atoms with Crippen LogP contribution in [0.5, 0.6) is 11.5 Å². The van der Waals surface area contributed by atoms with E-state index in [1.165, 1.54) is 0 Å². The molecular weight excluding hydrogens is 344 g/mol. The van der Waals surface area contributed by atoms with Gasteiger partial charge in [0.1, 0.15) is 0 Å². The summed E-state index contributed by atoms with van der Waals surface area (Å²) < 4.78 is 33.5. The maximum absolute atomic E-state index is 11.5. The molecular formula is C14H19BrO4S. The van der Waals surface area contributed by atoms with E-state index >= 15 is 0 Å². The number of sulfone groups is 1. The van der Waals surface area contributed by atoms with E-state index in [1.807, 2.05) is 18.2 Å². The molecule has 0 radical (unpaired) electrons. The maximum Gasteiger partial charge on any atom is 0.160 e. The Labute approximate surface area is 128 Å². The van der Waals surface area contributed by atoms with Crippen LogP contribution in [0, 0.1) is 5.92 Å². The van der Waals surface area contributed by atoms with Crippen LogP contribution in [0.2, 0.25) is 0 Å². The SMILES string of the molecule is COc1ccc(CC(Br)C2CCS(=O)(=O)C2)cc1OC. The highest BCUT2D eigenvalue weighted by Gasteiger charge is 2.32. The molecule has 0 saturated carbocycles. The van der Waals surface area contributed by atoms with E-state index in [2.05, 4.69) is 15.9 Å². The molecule has 6 heteroatoms. The van der Waals surface area contributed by atoms with Crippen LogP contribution in [-0.4, -0.2) is 39.0 Å². The van der Waals surface area contributed by atoms with Gasteiger partial charge < -0.3 is 9.47 Å². The fourth-order valence-corrected chi connectivity index (χ4v) is 5.46. The van der Waals surface area contributed by atoms with Gasteiger partial charge in [-0.2, -0.15) is 0 Å². The summed E-state index contributed by atoms with van der Waals surface area (Å²) >= 11 is 3.64. The van der Waals surface area contributed by atoms with Gasteiger partial charge in [0.25, 0.3) is 0 Å². The summed E-state index contributed by atoms with van der Waals surface area (Å²) in [5.41, 5.74) is 1.11. The Balaban J connectivity index is 2.06. The smallest absolute Gasteiger partial charge is 0.160 e. The number of benzene rings is 1. The average molecular weight is 363 g/mol. The highest BCUT2D eigenvalue weighted by atomic mass is 79.9. The van der Waals surface area contributed by atoms with Gasteiger partial charge in [-0.15, -0.1) is 0 Å². The van der Waals surface area contributed by atoms with Crippen LogP contribution in [0.15, 0.2) is 18.2 Å². The summed E-state index contributed by atoms with van der Waals surface area (Å²) in [7, 11) is 0.382. The van der Waals surface area contributed by atoms with E-state index in [1.54, 1.807) is 14.2 Å². The molecule has 0 amide bonds. The summed E-state index contributed by atoms with van der Waals surface area (Å²) in [5.74, 6) is 2.18. The second-order valence-corrected chi connectivity index (χ2v) is 8.48. The summed E-state index contributed by atoms with van der Waals surface area (Å²) in [5, 5.41) is 0. The highest BCUT2D eigenvalue weighted by molar-refractivity contribution is 9.09. The molecule has 1 saturated heterocycles. The molecule has 0 aliphatic carbocycles. The Morgan fingerprint density at radius 2 is 2.00 bits per heavy atom. The number of alkyl halides is 1. The van der Waals surface area contributed by atoms with Gasteiger partial charge in [0, 0.05) is 4.83 Å². The van der Waals surface area contributed by atoms with E-state index in [0.717, 1.165) is 18.4 Å². The van der Waals surface area contributed by atoms with E-state index < -0.39 is 9.84 Å². The molecule has 2 unspecified atom stereocenters. The largest absolute Gasteiger partial charge is 0.493 e. The molecule has 112 valence electrons. The van der Waals surface area contributed by atoms with Crippen LogP contribution in [0.1, 0.15) is 12.0 Å². The predicted molar refractivity (Wildman–Crippen MR) is 82.7 cm³/mol. The molecule has 1 fully saturated rings. The van der Waals surface area contributed by atoms with Crippen molar-refractivity contribution in [2.24, 2.45) is 5.92 Å². The Morgan fingerprint density at radius 3 is 2.55 bits per heavy atom. The van der Waals surface area contributed by atoms with E-state index in [-0.39, 0.29) is 16.5 Å². The quantitative estimate of drug-likeness (QED) is 0.754. The maximum atomic E-state index is 11.5. The minimum atomic E-state index is -2.83. The van der Waals surface area contributed by atoms with Crippen molar-refractivity contribution in [2.75, 3.05) is 25.7 Å². The molecule has 20 heavy (non-hydrogen) atoms. The molecule has 1 aromatic rings. The number of rotatable bonds is 5. The molecule has 2 atom stereocenters. The highest BCUT2D eigenvalue weighted by Crippen LogP contribution is 2.32. The first-order valence-corrected chi connectivity index (χ1v) is 9.24. The molecule has 1 aliphatic rings. The van der Waals surface area contributed by atoms with Crippen molar-refractivity contribution in [1.29, 1.82) is 0 Å². The van der Waals surface area contributed by atoms with Crippen molar-refractivity contribution < 1.29 is 17.9 Å². The Bertz CT molecular complexity index is 571. The summed E-state index contributed by atoms with van der Waals surface area (Å²) in [4.78, 5) is 0.165. The molecule has 0 aromatic heterocycles. The zero-order valence-electron chi connectivity index (χ0n) is 11.6. The number of halogens is 1. The third kappa shape index (κ3) is 3.67. The van der Waals surface area contributed by atoms with Gasteiger partial charge in [0.05, 0.1) is 25.7 Å². The predicted octanol–water partition coefficient (Wildman–Crippen LogP) is 2.44. The van der Waals surface area contributed by atoms with E-state index in [4.69, 9.17) is 9.47 Å². The minimum absolute atomic E-state index is 0.165. The fourth-order valence-electron chi connectivity index (χ4n) is 2.51. The van der Waals surface area contributed by atoms with Gasteiger partial charge in [-0.3, -0.25) is 0 Å². The van der Waals surface area contributed by atoms with Crippen LogP contribution < -0.4 is 9.47 Å². The summed E-state index contributed by atoms with van der Waals surface area (Å²) in [6.45, 7) is 0. The van der Waals surface area contributed by atoms with Crippen molar-refractivity contribution in [1.82, 2.24) is 0 Å². The lowest BCUT2D eigenvalue weighted by molar-refractivity contribution is 0.354. The molecule has 0 bridgehead atoms. The van der Waals surface area contributed by atoms with Gasteiger partial charge in [0.2, 0.25) is 0 Å². The Kier molecular flexibility index (Phi) is 4.96. The molecule has 1 aliphatic heterocycles. The van der Waals surface area contributed by atoms with Crippen LogP contribution >= 0.6 is 15.9 Å². The molecule has 1 heterocycles. The molecule has 0 N–H and O–H groups in total. The zero-order chi connectivity index (χ0) is 14.8. The van der Waals surface area contributed by atoms with Crippen molar-refractivity contribution in [2.45, 2.75) is 17.7 Å². The van der Waals surface area contributed by atoms with E-state index in [0.29, 0.717) is 17.3 Å². The van der Waals surface area contributed by atoms with Crippen LogP contribution in [0.25, 0.3) is 0 Å². The third-order valence-corrected chi connectivity index (χ3v) is 6.52. The zero-order valence-corrected chi connectivity index (χ0v) is 14.0. The third-order valence-electron chi connectivity index (χ3n) is 3.66. The van der Waals surface area contributed by atoms with Gasteiger partial charge >= 0.3 is 0 Å². The second kappa shape index (κ2) is 6.35. The lowest BCUT2D eigenvalue weighted by Gasteiger charge is -2.17. The number of hydrogen-bond donors (Lipinski definition) is 0. The molecule has 1 aromatic carbocycles. The van der Waals surface area contributed by atoms with Crippen molar-refractivity contribution in [3.63, 3.8) is 0 Å². The molecule has 4 nitrogen and oxygen atoms in total. The minimum Gasteiger partial charge on any atom is -0.493 e. The number of hydrogen-bond acceptors (Lipinski definition) is 4. The Morgan fingerprint density at radius 1 is 1.30 bits per heavy atom. The lowest BCUT2D eigenvalue weighted by Crippen LogP contribution is -2.18. The van der Waals surface area contributed by atoms with Crippen molar-refractivity contribution in [3.8, 4) is 11.5 Å². The second-order valence-electron chi connectivity index (χ2n) is 5.07. The van der Waals surface area contributed by atoms with Gasteiger partial charge in [-0.05, 0) is 36.5 Å². The topological polar surface area (TPSA) is 52.6 Å². The summed E-state index contributed by atoms with van der Waals surface area (Å²) in [6, 6.07) is 5.80. The van der Waals surface area contributed by atoms with Crippen LogP contribution in [-0.2, 0) is 16.3 Å². The molecule has 2 rings (SSSR count). The first kappa shape index (κ1) is 15.6. The first-order valence-electron chi connectivity index (χ1n) is 6.50. The standard InChI is InChI=1S/C14H19BrO4S/c1-18-13-4-3-10(8-14(13)19-2)7-12(15)11-5-6-20(16,17)9-11/h3-4,8,11-12H,5-7,9H2,1-2H3. The summed E-state index contributed by atoms with van der Waals surface area (Å²) in [6.07, 6.45) is 1.52. The first-order chi connectivity index (χ1) is 9.45.